The summed E-state index contributed by atoms with van der Waals surface area (Å²) < 4.78 is 0. The summed E-state index contributed by atoms with van der Waals surface area (Å²) in [6.45, 7) is 4.60. The average molecular weight is 201 g/mol. The van der Waals surface area contributed by atoms with E-state index in [1.165, 1.54) is 5.57 Å². The van der Waals surface area contributed by atoms with Crippen molar-refractivity contribution in [3.63, 3.8) is 0 Å². The van der Waals surface area contributed by atoms with E-state index in [9.17, 15) is 4.79 Å². The number of aliphatic imine (C=N–C) groups is 1. The Hall–Kier alpha value is -1.66. The van der Waals surface area contributed by atoms with Gasteiger partial charge in [-0.05, 0) is 24.5 Å². The van der Waals surface area contributed by atoms with Gasteiger partial charge in [0.05, 0.1) is 6.54 Å². The van der Waals surface area contributed by atoms with Crippen LogP contribution in [0, 0.1) is 0 Å². The summed E-state index contributed by atoms with van der Waals surface area (Å²) in [4.78, 5) is 13.8. The molecule has 0 aliphatic carbocycles. The Bertz CT molecular complexity index is 386. The molecule has 0 heterocycles. The third kappa shape index (κ3) is 3.19. The van der Waals surface area contributed by atoms with Gasteiger partial charge in [0.25, 0.3) is 0 Å². The van der Waals surface area contributed by atoms with E-state index in [2.05, 4.69) is 18.8 Å². The second kappa shape index (κ2) is 5.94. The summed E-state index contributed by atoms with van der Waals surface area (Å²) in [6.07, 6.45) is 2.56. The molecule has 0 spiro atoms. The van der Waals surface area contributed by atoms with E-state index in [0.717, 1.165) is 17.6 Å². The van der Waals surface area contributed by atoms with Gasteiger partial charge in [-0.15, -0.1) is 0 Å². The first-order chi connectivity index (χ1) is 7.29. The average Bonchev–Trinajstić information content (AvgIpc) is 2.30. The number of nitrogens with zero attached hydrogens (tertiary/aromatic N) is 1. The predicted molar refractivity (Wildman–Crippen MR) is 62.3 cm³/mol. The van der Waals surface area contributed by atoms with Crippen LogP contribution in [0.4, 0.5) is 0 Å². The Morgan fingerprint density at radius 3 is 2.53 bits per heavy atom. The van der Waals surface area contributed by atoms with Crippen LogP contribution in [0.1, 0.15) is 25.8 Å². The molecule has 0 saturated heterocycles. The molecule has 0 radical (unpaired) electrons. The van der Waals surface area contributed by atoms with Crippen molar-refractivity contribution in [3.8, 4) is 0 Å². The lowest BCUT2D eigenvalue weighted by atomic mass is 9.99. The Morgan fingerprint density at radius 2 is 2.00 bits per heavy atom. The van der Waals surface area contributed by atoms with Crippen LogP contribution < -0.4 is 0 Å². The molecule has 0 bridgehead atoms. The fourth-order valence-electron chi connectivity index (χ4n) is 1.44. The molecule has 1 rings (SSSR count). The van der Waals surface area contributed by atoms with E-state index in [0.29, 0.717) is 6.54 Å². The number of rotatable bonds is 4. The first-order valence-electron chi connectivity index (χ1n) is 5.07. The Morgan fingerprint density at radius 1 is 1.33 bits per heavy atom. The second-order valence-electron chi connectivity index (χ2n) is 3.39. The molecule has 0 aliphatic rings. The molecular weight excluding hydrogens is 186 g/mol. The van der Waals surface area contributed by atoms with Crippen molar-refractivity contribution >= 4 is 11.7 Å². The molecule has 0 unspecified atom stereocenters. The topological polar surface area (TPSA) is 29.4 Å². The molecule has 0 aromatic heterocycles. The van der Waals surface area contributed by atoms with Crippen molar-refractivity contribution in [2.45, 2.75) is 20.3 Å². The molecule has 0 fully saturated rings. The van der Waals surface area contributed by atoms with Crippen LogP contribution in [0.5, 0.6) is 0 Å². The Labute approximate surface area is 90.4 Å². The lowest BCUT2D eigenvalue weighted by Crippen LogP contribution is -1.93. The lowest BCUT2D eigenvalue weighted by Gasteiger charge is -2.08. The molecule has 1 aromatic rings. The number of allylic oxidation sites excluding steroid dienone is 1. The highest BCUT2D eigenvalue weighted by molar-refractivity contribution is 5.70. The highest BCUT2D eigenvalue weighted by atomic mass is 16.1. The number of carbonyl (C=O) groups excluding carboxylic acids is 1. The van der Waals surface area contributed by atoms with Crippen molar-refractivity contribution < 1.29 is 4.79 Å². The molecule has 0 amide bonds. The van der Waals surface area contributed by atoms with Crippen molar-refractivity contribution in [2.24, 2.45) is 4.99 Å². The Balaban J connectivity index is 3.07. The molecular formula is C13H15NO. The van der Waals surface area contributed by atoms with Gasteiger partial charge in [-0.2, -0.15) is 0 Å². The molecule has 0 N–H and O–H groups in total. The minimum absolute atomic E-state index is 0.424. The van der Waals surface area contributed by atoms with E-state index in [1.54, 1.807) is 6.08 Å². The van der Waals surface area contributed by atoms with Crippen molar-refractivity contribution in [1.82, 2.24) is 0 Å². The normalized spacial score (nSPS) is 11.6. The van der Waals surface area contributed by atoms with Gasteiger partial charge in [0, 0.05) is 0 Å². The Kier molecular flexibility index (Phi) is 4.52. The number of benzene rings is 1. The molecule has 2 heteroatoms. The monoisotopic (exact) mass is 201 g/mol. The summed E-state index contributed by atoms with van der Waals surface area (Å²) in [5, 5.41) is 0. The zero-order chi connectivity index (χ0) is 11.1. The van der Waals surface area contributed by atoms with Gasteiger partial charge in [-0.1, -0.05) is 42.8 Å². The summed E-state index contributed by atoms with van der Waals surface area (Å²) in [5.41, 5.74) is 3.53. The van der Waals surface area contributed by atoms with Crippen molar-refractivity contribution in [3.05, 3.63) is 41.5 Å². The fourth-order valence-corrected chi connectivity index (χ4v) is 1.44. The maximum absolute atomic E-state index is 10.1. The molecule has 2 nitrogen and oxygen atoms in total. The van der Waals surface area contributed by atoms with Crippen LogP contribution in [0.25, 0.3) is 5.57 Å². The van der Waals surface area contributed by atoms with Crippen LogP contribution in [-0.4, -0.2) is 12.6 Å². The number of isocyanates is 1. The molecule has 0 saturated carbocycles. The van der Waals surface area contributed by atoms with Gasteiger partial charge >= 0.3 is 0 Å². The second-order valence-corrected chi connectivity index (χ2v) is 3.39. The van der Waals surface area contributed by atoms with Gasteiger partial charge in [0.1, 0.15) is 0 Å². The van der Waals surface area contributed by atoms with Crippen LogP contribution in [0.15, 0.2) is 40.9 Å². The summed E-state index contributed by atoms with van der Waals surface area (Å²) in [7, 11) is 0. The molecule has 0 aliphatic heterocycles. The molecule has 78 valence electrons. The maximum Gasteiger partial charge on any atom is 0.235 e. The minimum Gasteiger partial charge on any atom is -0.211 e. The van der Waals surface area contributed by atoms with E-state index in [1.807, 2.05) is 30.3 Å². The molecule has 1 aromatic carbocycles. The van der Waals surface area contributed by atoms with E-state index < -0.39 is 0 Å². The summed E-state index contributed by atoms with van der Waals surface area (Å²) in [6, 6.07) is 10.0. The standard InChI is InChI=1S/C13H15NO/c1-3-11(2)13(9-14-10-15)12-7-5-4-6-8-12/h4-8H,3,9H2,1-2H3. The maximum atomic E-state index is 10.1. The SMILES string of the molecule is CCC(C)=C(CN=C=O)c1ccccc1. The largest absolute Gasteiger partial charge is 0.235 e. The van der Waals surface area contributed by atoms with Crippen LogP contribution in [-0.2, 0) is 4.79 Å². The van der Waals surface area contributed by atoms with Gasteiger partial charge < -0.3 is 0 Å². The van der Waals surface area contributed by atoms with Gasteiger partial charge in [-0.3, -0.25) is 0 Å². The third-order valence-electron chi connectivity index (χ3n) is 2.47. The predicted octanol–water partition coefficient (Wildman–Crippen LogP) is 3.21. The lowest BCUT2D eigenvalue weighted by molar-refractivity contribution is 0.564. The van der Waals surface area contributed by atoms with Crippen LogP contribution in [0.2, 0.25) is 0 Å². The first-order valence-corrected chi connectivity index (χ1v) is 5.07. The summed E-state index contributed by atoms with van der Waals surface area (Å²) in [5.74, 6) is 0. The van der Waals surface area contributed by atoms with Gasteiger partial charge in [0.2, 0.25) is 6.08 Å². The van der Waals surface area contributed by atoms with Gasteiger partial charge in [0.15, 0.2) is 0 Å². The van der Waals surface area contributed by atoms with E-state index in [-0.39, 0.29) is 0 Å². The highest BCUT2D eigenvalue weighted by Gasteiger charge is 2.03. The highest BCUT2D eigenvalue weighted by Crippen LogP contribution is 2.20. The van der Waals surface area contributed by atoms with Crippen molar-refractivity contribution in [2.75, 3.05) is 6.54 Å². The van der Waals surface area contributed by atoms with Crippen LogP contribution in [0.3, 0.4) is 0 Å². The minimum atomic E-state index is 0.424. The molecule has 15 heavy (non-hydrogen) atoms. The summed E-state index contributed by atoms with van der Waals surface area (Å²) >= 11 is 0. The molecule has 0 atom stereocenters. The van der Waals surface area contributed by atoms with E-state index in [4.69, 9.17) is 0 Å². The first kappa shape index (κ1) is 11.4. The van der Waals surface area contributed by atoms with Crippen molar-refractivity contribution in [1.29, 1.82) is 0 Å². The number of hydrogen-bond acceptors (Lipinski definition) is 2. The van der Waals surface area contributed by atoms with E-state index >= 15 is 0 Å². The number of hydrogen-bond donors (Lipinski definition) is 0. The van der Waals surface area contributed by atoms with Gasteiger partial charge in [-0.25, -0.2) is 9.79 Å². The fraction of sp³-hybridized carbons (Fsp3) is 0.308. The quantitative estimate of drug-likeness (QED) is 0.543. The smallest absolute Gasteiger partial charge is 0.211 e. The third-order valence-corrected chi connectivity index (χ3v) is 2.47. The zero-order valence-corrected chi connectivity index (χ0v) is 9.16. The zero-order valence-electron chi connectivity index (χ0n) is 9.16. The van der Waals surface area contributed by atoms with Crippen LogP contribution >= 0.6 is 0 Å².